The summed E-state index contributed by atoms with van der Waals surface area (Å²) in [5.41, 5.74) is 1.28. The van der Waals surface area contributed by atoms with Crippen molar-refractivity contribution in [1.82, 2.24) is 0 Å². The Morgan fingerprint density at radius 3 is 2.29 bits per heavy atom. The van der Waals surface area contributed by atoms with Crippen molar-refractivity contribution < 1.29 is 14.0 Å². The van der Waals surface area contributed by atoms with Crippen LogP contribution in [0.5, 0.6) is 5.75 Å². The molecule has 1 fully saturated rings. The van der Waals surface area contributed by atoms with Crippen LogP contribution in [0.25, 0.3) is 6.08 Å². The Balaban J connectivity index is 2.10. The Bertz CT molecular complexity index is 619. The summed E-state index contributed by atoms with van der Waals surface area (Å²) in [6, 6.07) is 9.78. The first-order chi connectivity index (χ1) is 11.3. The summed E-state index contributed by atoms with van der Waals surface area (Å²) in [5.74, 6) is 1.31. The number of ether oxygens (including phenoxy) is 1. The molecule has 128 valence electrons. The van der Waals surface area contributed by atoms with Gasteiger partial charge in [-0.25, -0.2) is 0 Å². The Labute approximate surface area is 150 Å². The molecular formula is C18H24BNO3S. The van der Waals surface area contributed by atoms with Crippen molar-refractivity contribution in [2.24, 2.45) is 0 Å². The summed E-state index contributed by atoms with van der Waals surface area (Å²) in [7, 11) is -0.390. The monoisotopic (exact) mass is 345 g/mol. The lowest BCUT2D eigenvalue weighted by atomic mass is 9.78. The lowest BCUT2D eigenvalue weighted by Gasteiger charge is -2.32. The Morgan fingerprint density at radius 2 is 1.79 bits per heavy atom. The summed E-state index contributed by atoms with van der Waals surface area (Å²) in [6.07, 6.45) is 2.42. The van der Waals surface area contributed by atoms with Gasteiger partial charge in [0.2, 0.25) is 0 Å². The highest BCUT2D eigenvalue weighted by Crippen LogP contribution is 2.39. The van der Waals surface area contributed by atoms with Crippen LogP contribution >= 0.6 is 12.6 Å². The number of nitriles is 1. The Morgan fingerprint density at radius 1 is 1.21 bits per heavy atom. The third-order valence-electron chi connectivity index (χ3n) is 4.45. The summed E-state index contributed by atoms with van der Waals surface area (Å²) in [6.45, 7) is 8.56. The van der Waals surface area contributed by atoms with Crippen LogP contribution in [0.2, 0.25) is 0 Å². The fourth-order valence-electron chi connectivity index (χ4n) is 2.27. The zero-order valence-corrected chi connectivity index (χ0v) is 15.6. The van der Waals surface area contributed by atoms with Crippen molar-refractivity contribution in [1.29, 1.82) is 5.26 Å². The SMILES string of the molecule is CC1(C)OB(C(=Cc2ccc(OCCC#N)cc2)CS)OC1(C)C. The molecule has 0 aliphatic carbocycles. The lowest BCUT2D eigenvalue weighted by molar-refractivity contribution is 0.00578. The molecule has 1 aromatic carbocycles. The molecule has 0 atom stereocenters. The van der Waals surface area contributed by atoms with Gasteiger partial charge >= 0.3 is 7.12 Å². The van der Waals surface area contributed by atoms with E-state index < -0.39 is 0 Å². The van der Waals surface area contributed by atoms with Crippen molar-refractivity contribution in [3.8, 4) is 11.8 Å². The standard InChI is InChI=1S/C18H24BNO3S/c1-17(2)18(3,4)23-19(22-17)15(13-24)12-14-6-8-16(9-7-14)21-11-5-10-20/h6-9,12,24H,5,11,13H2,1-4H3. The second-order valence-corrected chi connectivity index (χ2v) is 7.11. The number of nitrogens with zero attached hydrogens (tertiary/aromatic N) is 1. The van der Waals surface area contributed by atoms with Crippen LogP contribution < -0.4 is 4.74 Å². The van der Waals surface area contributed by atoms with Crippen LogP contribution in [0, 0.1) is 11.3 Å². The van der Waals surface area contributed by atoms with Gasteiger partial charge in [-0.2, -0.15) is 17.9 Å². The maximum Gasteiger partial charge on any atom is 0.491 e. The van der Waals surface area contributed by atoms with Crippen molar-refractivity contribution in [3.05, 3.63) is 35.3 Å². The molecular weight excluding hydrogens is 321 g/mol. The van der Waals surface area contributed by atoms with Gasteiger partial charge in [-0.3, -0.25) is 0 Å². The molecule has 1 aliphatic rings. The van der Waals surface area contributed by atoms with Gasteiger partial charge in [0, 0.05) is 5.75 Å². The topological polar surface area (TPSA) is 51.5 Å². The average molecular weight is 345 g/mol. The molecule has 0 N–H and O–H groups in total. The van der Waals surface area contributed by atoms with Crippen molar-refractivity contribution in [2.45, 2.75) is 45.3 Å². The first kappa shape index (κ1) is 18.9. The highest BCUT2D eigenvalue weighted by Gasteiger charge is 2.52. The third kappa shape index (κ3) is 4.35. The number of rotatable bonds is 6. The largest absolute Gasteiger partial charge is 0.493 e. The van der Waals surface area contributed by atoms with Crippen molar-refractivity contribution in [2.75, 3.05) is 12.4 Å². The molecule has 24 heavy (non-hydrogen) atoms. The number of hydrogen-bond donors (Lipinski definition) is 1. The molecule has 0 radical (unpaired) electrons. The van der Waals surface area contributed by atoms with E-state index in [2.05, 4.69) is 18.7 Å². The van der Waals surface area contributed by atoms with E-state index in [0.717, 1.165) is 16.8 Å². The summed E-state index contributed by atoms with van der Waals surface area (Å²) >= 11 is 4.43. The normalized spacial score (nSPS) is 19.2. The molecule has 1 heterocycles. The Hall–Kier alpha value is -1.42. The highest BCUT2D eigenvalue weighted by molar-refractivity contribution is 7.80. The van der Waals surface area contributed by atoms with E-state index in [-0.39, 0.29) is 18.3 Å². The van der Waals surface area contributed by atoms with Gasteiger partial charge in [0.1, 0.15) is 12.4 Å². The molecule has 0 aromatic heterocycles. The molecule has 0 unspecified atom stereocenters. The molecule has 4 nitrogen and oxygen atoms in total. The Kier molecular flexibility index (Phi) is 6.03. The van der Waals surface area contributed by atoms with Crippen LogP contribution in [0.4, 0.5) is 0 Å². The van der Waals surface area contributed by atoms with Gasteiger partial charge < -0.3 is 14.0 Å². The first-order valence-electron chi connectivity index (χ1n) is 8.06. The zero-order valence-electron chi connectivity index (χ0n) is 14.7. The molecule has 2 rings (SSSR count). The van der Waals surface area contributed by atoms with Gasteiger partial charge in [-0.05, 0) is 50.9 Å². The second kappa shape index (κ2) is 7.65. The van der Waals surface area contributed by atoms with Crippen LogP contribution in [0.3, 0.4) is 0 Å². The van der Waals surface area contributed by atoms with Crippen LogP contribution in [0.15, 0.2) is 29.7 Å². The molecule has 0 bridgehead atoms. The fourth-order valence-corrected chi connectivity index (χ4v) is 2.51. The van der Waals surface area contributed by atoms with E-state index in [4.69, 9.17) is 19.3 Å². The van der Waals surface area contributed by atoms with Gasteiger partial charge in [0.05, 0.1) is 23.7 Å². The minimum atomic E-state index is -0.390. The molecule has 1 aromatic rings. The van der Waals surface area contributed by atoms with Crippen LogP contribution in [-0.2, 0) is 9.31 Å². The van der Waals surface area contributed by atoms with Gasteiger partial charge in [-0.15, -0.1) is 0 Å². The maximum absolute atomic E-state index is 8.52. The number of thiol groups is 1. The third-order valence-corrected chi connectivity index (χ3v) is 4.82. The quantitative estimate of drug-likeness (QED) is 0.482. The highest BCUT2D eigenvalue weighted by atomic mass is 32.1. The van der Waals surface area contributed by atoms with E-state index in [0.29, 0.717) is 18.8 Å². The molecule has 1 saturated heterocycles. The van der Waals surface area contributed by atoms with Crippen LogP contribution in [0.1, 0.15) is 39.7 Å². The predicted octanol–water partition coefficient (Wildman–Crippen LogP) is 3.92. The fraction of sp³-hybridized carbons (Fsp3) is 0.500. The van der Waals surface area contributed by atoms with E-state index in [1.54, 1.807) is 0 Å². The van der Waals surface area contributed by atoms with Gasteiger partial charge in [0.25, 0.3) is 0 Å². The summed E-state index contributed by atoms with van der Waals surface area (Å²) in [5, 5.41) is 8.52. The zero-order chi connectivity index (χ0) is 17.8. The predicted molar refractivity (Wildman–Crippen MR) is 100 cm³/mol. The minimum absolute atomic E-state index is 0.363. The lowest BCUT2D eigenvalue weighted by Crippen LogP contribution is -2.41. The second-order valence-electron chi connectivity index (χ2n) is 6.79. The van der Waals surface area contributed by atoms with Crippen molar-refractivity contribution >= 4 is 25.8 Å². The maximum atomic E-state index is 8.52. The van der Waals surface area contributed by atoms with Crippen LogP contribution in [-0.4, -0.2) is 30.7 Å². The molecule has 0 amide bonds. The van der Waals surface area contributed by atoms with E-state index in [1.165, 1.54) is 0 Å². The summed E-state index contributed by atoms with van der Waals surface area (Å²) < 4.78 is 17.6. The number of hydrogen-bond acceptors (Lipinski definition) is 5. The molecule has 0 spiro atoms. The van der Waals surface area contributed by atoms with Crippen molar-refractivity contribution in [3.63, 3.8) is 0 Å². The van der Waals surface area contributed by atoms with Gasteiger partial charge in [-0.1, -0.05) is 18.2 Å². The smallest absolute Gasteiger partial charge is 0.491 e. The summed E-state index contributed by atoms with van der Waals surface area (Å²) in [4.78, 5) is 0. The number of benzene rings is 1. The first-order valence-corrected chi connectivity index (χ1v) is 8.69. The molecule has 6 heteroatoms. The minimum Gasteiger partial charge on any atom is -0.493 e. The molecule has 1 aliphatic heterocycles. The van der Waals surface area contributed by atoms with E-state index >= 15 is 0 Å². The van der Waals surface area contributed by atoms with Gasteiger partial charge in [0.15, 0.2) is 0 Å². The van der Waals surface area contributed by atoms with E-state index in [9.17, 15) is 0 Å². The molecule has 0 saturated carbocycles. The average Bonchev–Trinajstić information content (AvgIpc) is 2.74. The van der Waals surface area contributed by atoms with E-state index in [1.807, 2.05) is 58.0 Å².